The topological polar surface area (TPSA) is 47.6 Å². The van der Waals surface area contributed by atoms with Crippen LogP contribution in [0.15, 0.2) is 22.7 Å². The first-order valence-corrected chi connectivity index (χ1v) is 7.00. The molecule has 1 aromatic carbocycles. The van der Waals surface area contributed by atoms with Gasteiger partial charge in [0.25, 0.3) is 0 Å². The fourth-order valence-corrected chi connectivity index (χ4v) is 1.68. The highest BCUT2D eigenvalue weighted by Gasteiger charge is 2.15. The quantitative estimate of drug-likeness (QED) is 0.835. The summed E-state index contributed by atoms with van der Waals surface area (Å²) in [6.45, 7) is 6.17. The van der Waals surface area contributed by atoms with E-state index in [2.05, 4.69) is 21.2 Å². The van der Waals surface area contributed by atoms with Gasteiger partial charge in [0, 0.05) is 4.47 Å². The molecule has 0 unspecified atom stereocenters. The van der Waals surface area contributed by atoms with Gasteiger partial charge in [0.1, 0.15) is 18.0 Å². The minimum atomic E-state index is -0.494. The van der Waals surface area contributed by atoms with Crippen molar-refractivity contribution in [1.82, 2.24) is 5.32 Å². The molecular weight excluding hydrogens is 334 g/mol. The molecule has 1 amide bonds. The Bertz CT molecular complexity index is 446. The Hall–Kier alpha value is -0.940. The highest BCUT2D eigenvalue weighted by Crippen LogP contribution is 2.26. The third-order valence-corrected chi connectivity index (χ3v) is 3.14. The minimum absolute atomic E-state index is 0.354. The molecule has 1 aromatic rings. The number of carbonyl (C=O) groups excluding carboxylic acids is 1. The maximum Gasteiger partial charge on any atom is 0.407 e. The van der Waals surface area contributed by atoms with Gasteiger partial charge in [0.2, 0.25) is 0 Å². The van der Waals surface area contributed by atoms with Crippen LogP contribution in [0, 0.1) is 0 Å². The Kier molecular flexibility index (Phi) is 5.94. The number of amides is 1. The Morgan fingerprint density at radius 2 is 2.11 bits per heavy atom. The first-order valence-electron chi connectivity index (χ1n) is 5.82. The monoisotopic (exact) mass is 349 g/mol. The van der Waals surface area contributed by atoms with Crippen molar-refractivity contribution in [2.24, 2.45) is 0 Å². The maximum absolute atomic E-state index is 11.4. The summed E-state index contributed by atoms with van der Waals surface area (Å²) >= 11 is 9.18. The lowest BCUT2D eigenvalue weighted by Crippen LogP contribution is -2.34. The zero-order chi connectivity index (χ0) is 14.5. The van der Waals surface area contributed by atoms with Crippen molar-refractivity contribution >= 4 is 33.6 Å². The molecule has 0 heterocycles. The lowest BCUT2D eigenvalue weighted by atomic mass is 10.2. The molecular formula is C13H17BrClNO3. The standard InChI is InChI=1S/C13H17BrClNO3/c1-13(2,3)19-12(17)16-6-7-18-9-4-5-11(15)10(14)8-9/h4-5,8H,6-7H2,1-3H3,(H,16,17). The fraction of sp³-hybridized carbons (Fsp3) is 0.462. The molecule has 0 saturated carbocycles. The van der Waals surface area contributed by atoms with Gasteiger partial charge in [-0.25, -0.2) is 4.79 Å². The van der Waals surface area contributed by atoms with Crippen LogP contribution >= 0.6 is 27.5 Å². The molecule has 1 rings (SSSR count). The van der Waals surface area contributed by atoms with Gasteiger partial charge >= 0.3 is 6.09 Å². The van der Waals surface area contributed by atoms with Crippen LogP contribution in [0.3, 0.4) is 0 Å². The molecule has 0 atom stereocenters. The Balaban J connectivity index is 2.27. The second-order valence-electron chi connectivity index (χ2n) is 4.85. The smallest absolute Gasteiger partial charge is 0.407 e. The summed E-state index contributed by atoms with van der Waals surface area (Å²) in [5, 5.41) is 3.24. The number of halogens is 2. The van der Waals surface area contributed by atoms with Crippen molar-refractivity contribution in [1.29, 1.82) is 0 Å². The summed E-state index contributed by atoms with van der Waals surface area (Å²) in [4.78, 5) is 11.4. The van der Waals surface area contributed by atoms with Crippen LogP contribution in [0.2, 0.25) is 5.02 Å². The number of rotatable bonds is 4. The number of nitrogens with one attached hydrogen (secondary N) is 1. The average Bonchev–Trinajstić information content (AvgIpc) is 2.27. The molecule has 1 N–H and O–H groups in total. The highest BCUT2D eigenvalue weighted by atomic mass is 79.9. The largest absolute Gasteiger partial charge is 0.492 e. The number of carbonyl (C=O) groups is 1. The van der Waals surface area contributed by atoms with Crippen molar-refractivity contribution in [2.45, 2.75) is 26.4 Å². The van der Waals surface area contributed by atoms with Crippen LogP contribution in [0.5, 0.6) is 5.75 Å². The van der Waals surface area contributed by atoms with Gasteiger partial charge < -0.3 is 14.8 Å². The molecule has 0 radical (unpaired) electrons. The number of alkyl carbamates (subject to hydrolysis) is 1. The zero-order valence-electron chi connectivity index (χ0n) is 11.1. The van der Waals surface area contributed by atoms with Crippen molar-refractivity contribution in [3.8, 4) is 5.75 Å². The summed E-state index contributed by atoms with van der Waals surface area (Å²) in [6, 6.07) is 5.28. The molecule has 0 bridgehead atoms. The van der Waals surface area contributed by atoms with Gasteiger partial charge in [-0.2, -0.15) is 0 Å². The van der Waals surface area contributed by atoms with E-state index in [1.165, 1.54) is 0 Å². The molecule has 106 valence electrons. The Labute approximate surface area is 126 Å². The van der Waals surface area contributed by atoms with Gasteiger partial charge in [-0.1, -0.05) is 11.6 Å². The molecule has 4 nitrogen and oxygen atoms in total. The molecule has 6 heteroatoms. The van der Waals surface area contributed by atoms with E-state index < -0.39 is 11.7 Å². The average molecular weight is 351 g/mol. The molecule has 0 aliphatic carbocycles. The lowest BCUT2D eigenvalue weighted by molar-refractivity contribution is 0.0520. The van der Waals surface area contributed by atoms with E-state index in [9.17, 15) is 4.79 Å². The van der Waals surface area contributed by atoms with Gasteiger partial charge in [-0.3, -0.25) is 0 Å². The summed E-state index contributed by atoms with van der Waals surface area (Å²) in [5.74, 6) is 0.683. The fourth-order valence-electron chi connectivity index (χ4n) is 1.20. The van der Waals surface area contributed by atoms with E-state index in [0.29, 0.717) is 23.9 Å². The van der Waals surface area contributed by atoms with E-state index in [4.69, 9.17) is 21.1 Å². The molecule has 0 saturated heterocycles. The van der Waals surface area contributed by atoms with Crippen LogP contribution < -0.4 is 10.1 Å². The molecule has 19 heavy (non-hydrogen) atoms. The van der Waals surface area contributed by atoms with Gasteiger partial charge in [0.05, 0.1) is 11.6 Å². The van der Waals surface area contributed by atoms with Crippen LogP contribution in [-0.4, -0.2) is 24.8 Å². The predicted molar refractivity (Wildman–Crippen MR) is 78.9 cm³/mol. The maximum atomic E-state index is 11.4. The Morgan fingerprint density at radius 3 is 2.68 bits per heavy atom. The molecule has 0 spiro atoms. The molecule has 0 aliphatic heterocycles. The SMILES string of the molecule is CC(C)(C)OC(=O)NCCOc1ccc(Cl)c(Br)c1. The summed E-state index contributed by atoms with van der Waals surface area (Å²) in [5.41, 5.74) is -0.494. The van der Waals surface area contributed by atoms with Crippen LogP contribution in [0.1, 0.15) is 20.8 Å². The van der Waals surface area contributed by atoms with Crippen LogP contribution in [-0.2, 0) is 4.74 Å². The number of benzene rings is 1. The van der Waals surface area contributed by atoms with Gasteiger partial charge in [-0.15, -0.1) is 0 Å². The van der Waals surface area contributed by atoms with E-state index in [1.807, 2.05) is 20.8 Å². The summed E-state index contributed by atoms with van der Waals surface area (Å²) < 4.78 is 11.3. The Morgan fingerprint density at radius 1 is 1.42 bits per heavy atom. The normalized spacial score (nSPS) is 11.0. The second-order valence-corrected chi connectivity index (χ2v) is 6.11. The lowest BCUT2D eigenvalue weighted by Gasteiger charge is -2.19. The van der Waals surface area contributed by atoms with Crippen molar-refractivity contribution in [2.75, 3.05) is 13.2 Å². The van der Waals surface area contributed by atoms with Crippen molar-refractivity contribution in [3.05, 3.63) is 27.7 Å². The van der Waals surface area contributed by atoms with E-state index in [-0.39, 0.29) is 0 Å². The van der Waals surface area contributed by atoms with Gasteiger partial charge in [-0.05, 0) is 54.9 Å². The van der Waals surface area contributed by atoms with E-state index in [0.717, 1.165) is 4.47 Å². The van der Waals surface area contributed by atoms with Crippen molar-refractivity contribution < 1.29 is 14.3 Å². The summed E-state index contributed by atoms with van der Waals surface area (Å²) in [6.07, 6.45) is -0.451. The number of ether oxygens (including phenoxy) is 2. The zero-order valence-corrected chi connectivity index (χ0v) is 13.5. The molecule has 0 aromatic heterocycles. The number of hydrogen-bond acceptors (Lipinski definition) is 3. The molecule has 0 aliphatic rings. The third-order valence-electron chi connectivity index (χ3n) is 1.93. The minimum Gasteiger partial charge on any atom is -0.492 e. The van der Waals surface area contributed by atoms with Crippen molar-refractivity contribution in [3.63, 3.8) is 0 Å². The second kappa shape index (κ2) is 7.01. The number of hydrogen-bond donors (Lipinski definition) is 1. The first kappa shape index (κ1) is 16.1. The van der Waals surface area contributed by atoms with Gasteiger partial charge in [0.15, 0.2) is 0 Å². The molecule has 0 fully saturated rings. The first-order chi connectivity index (χ1) is 8.78. The predicted octanol–water partition coefficient (Wildman–Crippen LogP) is 4.01. The summed E-state index contributed by atoms with van der Waals surface area (Å²) in [7, 11) is 0. The van der Waals surface area contributed by atoms with E-state index in [1.54, 1.807) is 18.2 Å². The van der Waals surface area contributed by atoms with Crippen LogP contribution in [0.4, 0.5) is 4.79 Å². The highest BCUT2D eigenvalue weighted by molar-refractivity contribution is 9.10. The third kappa shape index (κ3) is 6.68. The van der Waals surface area contributed by atoms with Crippen LogP contribution in [0.25, 0.3) is 0 Å². The van der Waals surface area contributed by atoms with E-state index >= 15 is 0 Å².